The molecule has 0 radical (unpaired) electrons. The molecule has 6 heteroatoms. The highest BCUT2D eigenvalue weighted by Gasteiger charge is 2.16. The van der Waals surface area contributed by atoms with Crippen molar-refractivity contribution in [3.63, 3.8) is 0 Å². The molecule has 0 bridgehead atoms. The van der Waals surface area contributed by atoms with E-state index >= 15 is 0 Å². The molecule has 6 nitrogen and oxygen atoms in total. The summed E-state index contributed by atoms with van der Waals surface area (Å²) in [6.45, 7) is 0.768. The molecule has 1 saturated carbocycles. The number of hydrogen-bond donors (Lipinski definition) is 2. The fourth-order valence-electron chi connectivity index (χ4n) is 4.23. The van der Waals surface area contributed by atoms with Crippen molar-refractivity contribution < 1.29 is 19.0 Å². The van der Waals surface area contributed by atoms with Gasteiger partial charge in [0.25, 0.3) is 5.91 Å². The van der Waals surface area contributed by atoms with Crippen molar-refractivity contribution in [2.45, 2.75) is 51.0 Å². The molecule has 0 spiro atoms. The molecule has 0 aromatic heterocycles. The van der Waals surface area contributed by atoms with Crippen LogP contribution in [0.15, 0.2) is 42.5 Å². The van der Waals surface area contributed by atoms with Gasteiger partial charge >= 0.3 is 0 Å². The minimum absolute atomic E-state index is 0.0183. The SMILES string of the molecule is COc1ccc(C(N)c2ccc(OCC(=O)NCC3CCCCCCC3)cc2)c(OC)c1. The molecule has 1 amide bonds. The van der Waals surface area contributed by atoms with Gasteiger partial charge in [0.05, 0.1) is 20.3 Å². The predicted molar refractivity (Wildman–Crippen MR) is 126 cm³/mol. The summed E-state index contributed by atoms with van der Waals surface area (Å²) in [7, 11) is 3.23. The smallest absolute Gasteiger partial charge is 0.257 e. The van der Waals surface area contributed by atoms with Gasteiger partial charge in [-0.3, -0.25) is 4.79 Å². The van der Waals surface area contributed by atoms with Crippen LogP contribution < -0.4 is 25.3 Å². The number of amides is 1. The molecule has 0 heterocycles. The second-order valence-electron chi connectivity index (χ2n) is 8.46. The summed E-state index contributed by atoms with van der Waals surface area (Å²) in [4.78, 5) is 12.2. The molecule has 174 valence electrons. The molecule has 3 N–H and O–H groups in total. The monoisotopic (exact) mass is 440 g/mol. The summed E-state index contributed by atoms with van der Waals surface area (Å²) in [5.41, 5.74) is 8.26. The summed E-state index contributed by atoms with van der Waals surface area (Å²) in [6, 6.07) is 12.8. The quantitative estimate of drug-likeness (QED) is 0.595. The van der Waals surface area contributed by atoms with Gasteiger partial charge in [-0.25, -0.2) is 0 Å². The van der Waals surface area contributed by atoms with Crippen molar-refractivity contribution in [2.24, 2.45) is 11.7 Å². The van der Waals surface area contributed by atoms with Crippen LogP contribution in [0.25, 0.3) is 0 Å². The Labute approximate surface area is 191 Å². The average Bonchev–Trinajstić information content (AvgIpc) is 2.81. The van der Waals surface area contributed by atoms with Gasteiger partial charge in [0, 0.05) is 18.2 Å². The number of ether oxygens (including phenoxy) is 3. The van der Waals surface area contributed by atoms with Crippen LogP contribution in [0.2, 0.25) is 0 Å². The van der Waals surface area contributed by atoms with E-state index in [0.29, 0.717) is 17.4 Å². The minimum Gasteiger partial charge on any atom is -0.497 e. The topological polar surface area (TPSA) is 82.8 Å². The van der Waals surface area contributed by atoms with Crippen molar-refractivity contribution in [2.75, 3.05) is 27.4 Å². The molecule has 1 aliphatic carbocycles. The lowest BCUT2D eigenvalue weighted by Crippen LogP contribution is -2.33. The summed E-state index contributed by atoms with van der Waals surface area (Å²) in [6.07, 6.45) is 8.95. The van der Waals surface area contributed by atoms with E-state index in [4.69, 9.17) is 19.9 Å². The van der Waals surface area contributed by atoms with E-state index in [2.05, 4.69) is 5.32 Å². The van der Waals surface area contributed by atoms with Gasteiger partial charge in [0.15, 0.2) is 6.61 Å². The van der Waals surface area contributed by atoms with Crippen LogP contribution in [-0.4, -0.2) is 33.3 Å². The number of rotatable bonds is 9. The third kappa shape index (κ3) is 6.89. The average molecular weight is 441 g/mol. The Morgan fingerprint density at radius 3 is 2.28 bits per heavy atom. The van der Waals surface area contributed by atoms with Gasteiger partial charge in [-0.2, -0.15) is 0 Å². The highest BCUT2D eigenvalue weighted by atomic mass is 16.5. The van der Waals surface area contributed by atoms with Gasteiger partial charge in [-0.1, -0.05) is 44.2 Å². The number of methoxy groups -OCH3 is 2. The molecule has 1 aliphatic rings. The van der Waals surface area contributed by atoms with Gasteiger partial charge < -0.3 is 25.3 Å². The first-order valence-electron chi connectivity index (χ1n) is 11.6. The molecule has 3 rings (SSSR count). The first kappa shape index (κ1) is 23.9. The van der Waals surface area contributed by atoms with E-state index in [-0.39, 0.29) is 18.6 Å². The second kappa shape index (κ2) is 12.3. The lowest BCUT2D eigenvalue weighted by atomic mass is 9.91. The standard InChI is InChI=1S/C26H36N2O4/c1-30-22-14-15-23(24(16-22)31-2)26(27)20-10-12-21(13-11-20)32-18-25(29)28-17-19-8-6-4-3-5-7-9-19/h10-16,19,26H,3-9,17-18,27H2,1-2H3,(H,28,29). The van der Waals surface area contributed by atoms with Crippen LogP contribution in [0.4, 0.5) is 0 Å². The molecular formula is C26H36N2O4. The van der Waals surface area contributed by atoms with Crippen molar-refractivity contribution in [1.82, 2.24) is 5.32 Å². The maximum absolute atomic E-state index is 12.2. The van der Waals surface area contributed by atoms with Crippen LogP contribution in [0, 0.1) is 5.92 Å². The lowest BCUT2D eigenvalue weighted by molar-refractivity contribution is -0.123. The summed E-state index contributed by atoms with van der Waals surface area (Å²) in [5, 5.41) is 3.04. The molecular weight excluding hydrogens is 404 g/mol. The minimum atomic E-state index is -0.350. The largest absolute Gasteiger partial charge is 0.497 e. The van der Waals surface area contributed by atoms with Crippen LogP contribution in [0.1, 0.15) is 62.1 Å². The van der Waals surface area contributed by atoms with Crippen molar-refractivity contribution in [3.05, 3.63) is 53.6 Å². The summed E-state index contributed by atoms with van der Waals surface area (Å²) in [5.74, 6) is 2.56. The van der Waals surface area contributed by atoms with Crippen molar-refractivity contribution in [3.8, 4) is 17.2 Å². The molecule has 2 aromatic rings. The lowest BCUT2D eigenvalue weighted by Gasteiger charge is -2.20. The molecule has 1 atom stereocenters. The Bertz CT molecular complexity index is 845. The predicted octanol–water partition coefficient (Wildman–Crippen LogP) is 4.61. The molecule has 0 saturated heterocycles. The van der Waals surface area contributed by atoms with Crippen LogP contribution in [0.5, 0.6) is 17.2 Å². The Morgan fingerprint density at radius 1 is 0.969 bits per heavy atom. The van der Waals surface area contributed by atoms with E-state index in [1.807, 2.05) is 42.5 Å². The molecule has 2 aromatic carbocycles. The normalized spacial score (nSPS) is 15.8. The zero-order valence-corrected chi connectivity index (χ0v) is 19.3. The number of benzene rings is 2. The highest BCUT2D eigenvalue weighted by molar-refractivity contribution is 5.77. The van der Waals surface area contributed by atoms with Crippen LogP contribution >= 0.6 is 0 Å². The maximum Gasteiger partial charge on any atom is 0.257 e. The van der Waals surface area contributed by atoms with Crippen molar-refractivity contribution >= 4 is 5.91 Å². The number of carbonyl (C=O) groups excluding carboxylic acids is 1. The first-order valence-corrected chi connectivity index (χ1v) is 11.6. The third-order valence-corrected chi connectivity index (χ3v) is 6.20. The maximum atomic E-state index is 12.2. The number of carbonyl (C=O) groups is 1. The van der Waals surface area contributed by atoms with Gasteiger partial charge in [0.2, 0.25) is 0 Å². The Morgan fingerprint density at radius 2 is 1.62 bits per heavy atom. The summed E-state index contributed by atoms with van der Waals surface area (Å²) >= 11 is 0. The molecule has 1 fully saturated rings. The fraction of sp³-hybridized carbons (Fsp3) is 0.500. The highest BCUT2D eigenvalue weighted by Crippen LogP contribution is 2.32. The molecule has 32 heavy (non-hydrogen) atoms. The second-order valence-corrected chi connectivity index (χ2v) is 8.46. The van der Waals surface area contributed by atoms with Gasteiger partial charge in [0.1, 0.15) is 17.2 Å². The number of nitrogens with two attached hydrogens (primary N) is 1. The third-order valence-electron chi connectivity index (χ3n) is 6.20. The van der Waals surface area contributed by atoms with E-state index < -0.39 is 0 Å². The first-order chi connectivity index (χ1) is 15.6. The van der Waals surface area contributed by atoms with E-state index in [0.717, 1.165) is 23.4 Å². The Hall–Kier alpha value is -2.73. The summed E-state index contributed by atoms with van der Waals surface area (Å²) < 4.78 is 16.4. The van der Waals surface area contributed by atoms with E-state index in [1.54, 1.807) is 14.2 Å². The van der Waals surface area contributed by atoms with E-state index in [1.165, 1.54) is 44.9 Å². The number of nitrogens with one attached hydrogen (secondary N) is 1. The fourth-order valence-corrected chi connectivity index (χ4v) is 4.23. The molecule has 0 aliphatic heterocycles. The zero-order chi connectivity index (χ0) is 22.8. The number of hydrogen-bond acceptors (Lipinski definition) is 5. The zero-order valence-electron chi connectivity index (χ0n) is 19.3. The van der Waals surface area contributed by atoms with Crippen LogP contribution in [-0.2, 0) is 4.79 Å². The van der Waals surface area contributed by atoms with E-state index in [9.17, 15) is 4.79 Å². The molecule has 1 unspecified atom stereocenters. The Kier molecular flexibility index (Phi) is 9.23. The van der Waals surface area contributed by atoms with Gasteiger partial charge in [-0.05, 0) is 48.6 Å². The van der Waals surface area contributed by atoms with Gasteiger partial charge in [-0.15, -0.1) is 0 Å². The van der Waals surface area contributed by atoms with Crippen LogP contribution in [0.3, 0.4) is 0 Å². The Balaban J connectivity index is 1.49. The van der Waals surface area contributed by atoms with Crippen molar-refractivity contribution in [1.29, 1.82) is 0 Å².